The zero-order valence-electron chi connectivity index (χ0n) is 10.6. The van der Waals surface area contributed by atoms with Crippen molar-refractivity contribution < 1.29 is 4.92 Å². The fourth-order valence-corrected chi connectivity index (χ4v) is 1.47. The standard InChI is InChI=1S/C12H10N6O2/c1-8-4-15-10(6-14-8)7-17-12-11(18(19)20)2-9(3-13)5-16-12/h2,4-6H,7H2,1H3,(H,16,17). The summed E-state index contributed by atoms with van der Waals surface area (Å²) in [7, 11) is 0. The topological polar surface area (TPSA) is 118 Å². The van der Waals surface area contributed by atoms with Crippen LogP contribution in [0.5, 0.6) is 0 Å². The first-order valence-electron chi connectivity index (χ1n) is 5.66. The van der Waals surface area contributed by atoms with E-state index in [2.05, 4.69) is 20.3 Å². The lowest BCUT2D eigenvalue weighted by Crippen LogP contribution is -2.06. The van der Waals surface area contributed by atoms with Crippen LogP contribution in [-0.4, -0.2) is 19.9 Å². The molecule has 0 radical (unpaired) electrons. The first kappa shape index (κ1) is 13.4. The third kappa shape index (κ3) is 3.02. The maximum absolute atomic E-state index is 10.9. The molecule has 0 saturated carbocycles. The maximum atomic E-state index is 10.9. The summed E-state index contributed by atoms with van der Waals surface area (Å²) in [5.41, 5.74) is 1.31. The number of anilines is 1. The van der Waals surface area contributed by atoms with Crippen molar-refractivity contribution in [1.29, 1.82) is 5.26 Å². The molecule has 0 aliphatic carbocycles. The SMILES string of the molecule is Cc1cnc(CNc2ncc(C#N)cc2[N+](=O)[O-])cn1. The molecule has 0 amide bonds. The number of aromatic nitrogens is 3. The van der Waals surface area contributed by atoms with Crippen LogP contribution in [0.15, 0.2) is 24.7 Å². The lowest BCUT2D eigenvalue weighted by atomic mass is 10.2. The summed E-state index contributed by atoms with van der Waals surface area (Å²) in [5.74, 6) is 0.0939. The number of aryl methyl sites for hydroxylation is 1. The molecule has 1 N–H and O–H groups in total. The van der Waals surface area contributed by atoms with Crippen LogP contribution in [0.25, 0.3) is 0 Å². The Labute approximate surface area is 114 Å². The molecule has 0 aromatic carbocycles. The first-order chi connectivity index (χ1) is 9.60. The predicted octanol–water partition coefficient (Wildman–Crippen LogP) is 1.57. The zero-order valence-corrected chi connectivity index (χ0v) is 10.6. The Bertz CT molecular complexity index is 677. The van der Waals surface area contributed by atoms with Gasteiger partial charge in [0.15, 0.2) is 0 Å². The molecule has 8 nitrogen and oxygen atoms in total. The van der Waals surface area contributed by atoms with Crippen LogP contribution in [-0.2, 0) is 6.54 Å². The van der Waals surface area contributed by atoms with Crippen LogP contribution in [0.1, 0.15) is 17.0 Å². The van der Waals surface area contributed by atoms with Crippen molar-refractivity contribution in [3.05, 3.63) is 51.7 Å². The minimum absolute atomic E-state index is 0.0939. The molecular formula is C12H10N6O2. The Morgan fingerprint density at radius 3 is 2.75 bits per heavy atom. The molecule has 0 aliphatic rings. The van der Waals surface area contributed by atoms with Gasteiger partial charge in [0, 0.05) is 18.5 Å². The van der Waals surface area contributed by atoms with Crippen molar-refractivity contribution in [1.82, 2.24) is 15.0 Å². The summed E-state index contributed by atoms with van der Waals surface area (Å²) in [6.45, 7) is 2.07. The Morgan fingerprint density at radius 1 is 1.35 bits per heavy atom. The monoisotopic (exact) mass is 270 g/mol. The highest BCUT2D eigenvalue weighted by Crippen LogP contribution is 2.22. The zero-order chi connectivity index (χ0) is 14.5. The van der Waals surface area contributed by atoms with Crippen LogP contribution in [0.3, 0.4) is 0 Å². The van der Waals surface area contributed by atoms with E-state index in [1.54, 1.807) is 12.4 Å². The number of hydrogen-bond donors (Lipinski definition) is 1. The summed E-state index contributed by atoms with van der Waals surface area (Å²) in [6, 6.07) is 2.99. The largest absolute Gasteiger partial charge is 0.359 e. The number of pyridine rings is 1. The third-order valence-electron chi connectivity index (χ3n) is 2.46. The number of nitro groups is 1. The Hall–Kier alpha value is -3.08. The minimum atomic E-state index is -0.586. The molecule has 0 unspecified atom stereocenters. The quantitative estimate of drug-likeness (QED) is 0.661. The van der Waals surface area contributed by atoms with Gasteiger partial charge in [-0.15, -0.1) is 0 Å². The van der Waals surface area contributed by atoms with Gasteiger partial charge in [-0.1, -0.05) is 0 Å². The molecule has 0 fully saturated rings. The average Bonchev–Trinajstić information content (AvgIpc) is 2.46. The molecular weight excluding hydrogens is 260 g/mol. The van der Waals surface area contributed by atoms with Gasteiger partial charge < -0.3 is 5.32 Å². The summed E-state index contributed by atoms with van der Waals surface area (Å²) in [6.07, 6.45) is 4.46. The van der Waals surface area contributed by atoms with Crippen LogP contribution in [0.4, 0.5) is 11.5 Å². The summed E-state index contributed by atoms with van der Waals surface area (Å²) in [4.78, 5) is 22.4. The molecule has 8 heteroatoms. The van der Waals surface area contributed by atoms with E-state index in [1.807, 2.05) is 13.0 Å². The number of hydrogen-bond acceptors (Lipinski definition) is 7. The van der Waals surface area contributed by atoms with E-state index in [0.717, 1.165) is 5.69 Å². The highest BCUT2D eigenvalue weighted by atomic mass is 16.6. The maximum Gasteiger partial charge on any atom is 0.312 e. The van der Waals surface area contributed by atoms with Crippen molar-refractivity contribution >= 4 is 11.5 Å². The van der Waals surface area contributed by atoms with E-state index < -0.39 is 4.92 Å². The fourth-order valence-electron chi connectivity index (χ4n) is 1.47. The molecule has 0 aliphatic heterocycles. The van der Waals surface area contributed by atoms with Crippen LogP contribution in [0, 0.1) is 28.4 Å². The van der Waals surface area contributed by atoms with Gasteiger partial charge in [0.05, 0.1) is 34.6 Å². The van der Waals surface area contributed by atoms with Gasteiger partial charge in [0.25, 0.3) is 0 Å². The third-order valence-corrected chi connectivity index (χ3v) is 2.46. The smallest absolute Gasteiger partial charge is 0.312 e. The van der Waals surface area contributed by atoms with Crippen molar-refractivity contribution in [2.24, 2.45) is 0 Å². The lowest BCUT2D eigenvalue weighted by molar-refractivity contribution is -0.384. The Morgan fingerprint density at radius 2 is 2.15 bits per heavy atom. The summed E-state index contributed by atoms with van der Waals surface area (Å²) in [5, 5.41) is 22.5. The van der Waals surface area contributed by atoms with Crippen molar-refractivity contribution in [3.8, 4) is 6.07 Å². The molecule has 20 heavy (non-hydrogen) atoms. The lowest BCUT2D eigenvalue weighted by Gasteiger charge is -2.05. The van der Waals surface area contributed by atoms with Gasteiger partial charge in [0.1, 0.15) is 6.07 Å². The van der Waals surface area contributed by atoms with Crippen LogP contribution in [0.2, 0.25) is 0 Å². The number of nitrogens with one attached hydrogen (secondary N) is 1. The van der Waals surface area contributed by atoms with E-state index in [4.69, 9.17) is 5.26 Å². The van der Waals surface area contributed by atoms with Gasteiger partial charge >= 0.3 is 5.69 Å². The highest BCUT2D eigenvalue weighted by molar-refractivity contribution is 5.58. The van der Waals surface area contributed by atoms with E-state index in [-0.39, 0.29) is 23.6 Å². The van der Waals surface area contributed by atoms with Crippen LogP contribution < -0.4 is 5.32 Å². The predicted molar refractivity (Wildman–Crippen MR) is 69.7 cm³/mol. The molecule has 0 saturated heterocycles. The van der Waals surface area contributed by atoms with Gasteiger partial charge in [0.2, 0.25) is 5.82 Å². The van der Waals surface area contributed by atoms with E-state index >= 15 is 0 Å². The number of nitriles is 1. The molecule has 2 aromatic heterocycles. The van der Waals surface area contributed by atoms with Crippen molar-refractivity contribution in [2.75, 3.05) is 5.32 Å². The van der Waals surface area contributed by atoms with E-state index in [1.165, 1.54) is 12.3 Å². The fraction of sp³-hybridized carbons (Fsp3) is 0.167. The average molecular weight is 270 g/mol. The molecule has 2 heterocycles. The molecule has 2 aromatic rings. The van der Waals surface area contributed by atoms with Crippen molar-refractivity contribution in [3.63, 3.8) is 0 Å². The molecule has 0 spiro atoms. The first-order valence-corrected chi connectivity index (χ1v) is 5.66. The highest BCUT2D eigenvalue weighted by Gasteiger charge is 2.16. The second-order valence-corrected chi connectivity index (χ2v) is 3.96. The Balaban J connectivity index is 2.19. The molecule has 100 valence electrons. The van der Waals surface area contributed by atoms with Crippen molar-refractivity contribution in [2.45, 2.75) is 13.5 Å². The number of nitrogens with zero attached hydrogens (tertiary/aromatic N) is 5. The molecule has 2 rings (SSSR count). The van der Waals surface area contributed by atoms with E-state index in [9.17, 15) is 10.1 Å². The van der Waals surface area contributed by atoms with Gasteiger partial charge in [-0.05, 0) is 6.92 Å². The van der Waals surface area contributed by atoms with E-state index in [0.29, 0.717) is 5.69 Å². The number of rotatable bonds is 4. The summed E-state index contributed by atoms with van der Waals surface area (Å²) < 4.78 is 0. The van der Waals surface area contributed by atoms with Gasteiger partial charge in [-0.25, -0.2) is 4.98 Å². The second kappa shape index (κ2) is 5.71. The van der Waals surface area contributed by atoms with Crippen LogP contribution >= 0.6 is 0 Å². The second-order valence-electron chi connectivity index (χ2n) is 3.96. The normalized spacial score (nSPS) is 9.80. The molecule has 0 bridgehead atoms. The summed E-state index contributed by atoms with van der Waals surface area (Å²) >= 11 is 0. The minimum Gasteiger partial charge on any atom is -0.359 e. The van der Waals surface area contributed by atoms with Gasteiger partial charge in [-0.2, -0.15) is 5.26 Å². The Kier molecular flexibility index (Phi) is 3.81. The van der Waals surface area contributed by atoms with Gasteiger partial charge in [-0.3, -0.25) is 20.1 Å². The molecule has 0 atom stereocenters.